The molecule has 0 unspecified atom stereocenters. The molecular weight excluding hydrogens is 252 g/mol. The lowest BCUT2D eigenvalue weighted by molar-refractivity contribution is -0.108. The van der Waals surface area contributed by atoms with E-state index in [1.165, 1.54) is 0 Å². The third kappa shape index (κ3) is 17.5. The van der Waals surface area contributed by atoms with Crippen LogP contribution in [-0.2, 0) is 28.5 Å². The van der Waals surface area contributed by atoms with Gasteiger partial charge in [0.2, 0.25) is 0 Å². The Morgan fingerprint density at radius 1 is 0.632 bits per heavy atom. The van der Waals surface area contributed by atoms with Crippen LogP contribution < -0.4 is 0 Å². The van der Waals surface area contributed by atoms with Crippen LogP contribution in [0.1, 0.15) is 13.3 Å². The third-order valence-corrected chi connectivity index (χ3v) is 2.07. The van der Waals surface area contributed by atoms with E-state index in [2.05, 4.69) is 0 Å². The summed E-state index contributed by atoms with van der Waals surface area (Å²) in [6, 6.07) is 0. The standard InChI is InChI=1S/C13H26O6/c1-2-15-6-7-17-10-11-19-13-12-18-9-8-16-5-3-4-14/h4H,2-3,5-13H2,1H3. The van der Waals surface area contributed by atoms with Gasteiger partial charge in [-0.05, 0) is 6.92 Å². The van der Waals surface area contributed by atoms with E-state index in [0.29, 0.717) is 65.9 Å². The van der Waals surface area contributed by atoms with Gasteiger partial charge in [-0.25, -0.2) is 0 Å². The Hall–Kier alpha value is -0.530. The van der Waals surface area contributed by atoms with Gasteiger partial charge in [0.25, 0.3) is 0 Å². The molecule has 0 amide bonds. The topological polar surface area (TPSA) is 63.2 Å². The first-order valence-electron chi connectivity index (χ1n) is 6.74. The van der Waals surface area contributed by atoms with Crippen LogP contribution in [0.4, 0.5) is 0 Å². The zero-order chi connectivity index (χ0) is 14.0. The van der Waals surface area contributed by atoms with Gasteiger partial charge in [0.15, 0.2) is 0 Å². The first-order valence-corrected chi connectivity index (χ1v) is 6.74. The number of carbonyl (C=O) groups excluding carboxylic acids is 1. The Morgan fingerprint density at radius 2 is 1.00 bits per heavy atom. The summed E-state index contributed by atoms with van der Waals surface area (Å²) < 4.78 is 26.1. The summed E-state index contributed by atoms with van der Waals surface area (Å²) in [6.45, 7) is 7.61. The highest BCUT2D eigenvalue weighted by Gasteiger charge is 1.92. The van der Waals surface area contributed by atoms with Crippen LogP contribution in [0.25, 0.3) is 0 Å². The van der Waals surface area contributed by atoms with Gasteiger partial charge < -0.3 is 28.5 Å². The molecule has 6 heteroatoms. The fourth-order valence-electron chi connectivity index (χ4n) is 1.16. The van der Waals surface area contributed by atoms with Crippen molar-refractivity contribution < 1.29 is 28.5 Å². The lowest BCUT2D eigenvalue weighted by atomic mass is 10.5. The summed E-state index contributed by atoms with van der Waals surface area (Å²) in [5, 5.41) is 0. The van der Waals surface area contributed by atoms with Crippen LogP contribution >= 0.6 is 0 Å². The number of ether oxygens (including phenoxy) is 5. The Morgan fingerprint density at radius 3 is 1.37 bits per heavy atom. The maximum atomic E-state index is 9.99. The molecule has 6 nitrogen and oxygen atoms in total. The Bertz CT molecular complexity index is 177. The minimum absolute atomic E-state index is 0.437. The van der Waals surface area contributed by atoms with E-state index >= 15 is 0 Å². The van der Waals surface area contributed by atoms with Crippen LogP contribution in [0, 0.1) is 0 Å². The van der Waals surface area contributed by atoms with Crippen LogP contribution in [-0.4, -0.2) is 72.4 Å². The predicted molar refractivity (Wildman–Crippen MR) is 70.5 cm³/mol. The van der Waals surface area contributed by atoms with Crippen LogP contribution in [0.15, 0.2) is 0 Å². The Labute approximate surface area is 115 Å². The molecule has 0 saturated heterocycles. The van der Waals surface area contributed by atoms with E-state index in [4.69, 9.17) is 23.7 Å². The maximum Gasteiger partial charge on any atom is 0.122 e. The smallest absolute Gasteiger partial charge is 0.122 e. The molecule has 0 spiro atoms. The highest BCUT2D eigenvalue weighted by molar-refractivity contribution is 5.49. The average molecular weight is 278 g/mol. The molecule has 0 aromatic heterocycles. The minimum atomic E-state index is 0.437. The van der Waals surface area contributed by atoms with Crippen molar-refractivity contribution in [3.05, 3.63) is 0 Å². The zero-order valence-electron chi connectivity index (χ0n) is 11.8. The lowest BCUT2D eigenvalue weighted by Crippen LogP contribution is -2.13. The molecule has 0 aromatic rings. The van der Waals surface area contributed by atoms with E-state index in [0.717, 1.165) is 12.9 Å². The molecule has 0 radical (unpaired) electrons. The highest BCUT2D eigenvalue weighted by Crippen LogP contribution is 1.84. The highest BCUT2D eigenvalue weighted by atomic mass is 16.6. The largest absolute Gasteiger partial charge is 0.379 e. The monoisotopic (exact) mass is 278 g/mol. The van der Waals surface area contributed by atoms with Gasteiger partial charge in [0, 0.05) is 13.0 Å². The van der Waals surface area contributed by atoms with E-state index in [-0.39, 0.29) is 0 Å². The van der Waals surface area contributed by atoms with Crippen molar-refractivity contribution in [2.75, 3.05) is 66.1 Å². The van der Waals surface area contributed by atoms with Crippen molar-refractivity contribution in [3.63, 3.8) is 0 Å². The van der Waals surface area contributed by atoms with Crippen molar-refractivity contribution in [1.82, 2.24) is 0 Å². The van der Waals surface area contributed by atoms with Crippen molar-refractivity contribution in [2.45, 2.75) is 13.3 Å². The van der Waals surface area contributed by atoms with Gasteiger partial charge in [-0.3, -0.25) is 0 Å². The first kappa shape index (κ1) is 18.5. The quantitative estimate of drug-likeness (QED) is 0.305. The van der Waals surface area contributed by atoms with E-state index < -0.39 is 0 Å². The van der Waals surface area contributed by atoms with Gasteiger partial charge in [0.1, 0.15) is 6.29 Å². The molecule has 0 rings (SSSR count). The number of rotatable bonds is 16. The van der Waals surface area contributed by atoms with Crippen LogP contribution in [0.3, 0.4) is 0 Å². The molecule has 19 heavy (non-hydrogen) atoms. The molecule has 0 fully saturated rings. The van der Waals surface area contributed by atoms with E-state index in [9.17, 15) is 4.79 Å². The Balaban J connectivity index is 2.89. The molecule has 0 bridgehead atoms. The van der Waals surface area contributed by atoms with Crippen molar-refractivity contribution >= 4 is 6.29 Å². The molecule has 0 N–H and O–H groups in total. The second kappa shape index (κ2) is 17.5. The number of aldehydes is 1. The van der Waals surface area contributed by atoms with Gasteiger partial charge in [-0.1, -0.05) is 0 Å². The van der Waals surface area contributed by atoms with Gasteiger partial charge in [0.05, 0.1) is 59.5 Å². The summed E-state index contributed by atoms with van der Waals surface area (Å²) in [5.41, 5.74) is 0. The molecule has 114 valence electrons. The summed E-state index contributed by atoms with van der Waals surface area (Å²) in [6.07, 6.45) is 1.28. The Kier molecular flexibility index (Phi) is 17.0. The predicted octanol–water partition coefficient (Wildman–Crippen LogP) is 0.678. The number of hydrogen-bond donors (Lipinski definition) is 0. The molecule has 0 aromatic carbocycles. The van der Waals surface area contributed by atoms with E-state index in [1.807, 2.05) is 6.92 Å². The number of hydrogen-bond acceptors (Lipinski definition) is 6. The average Bonchev–Trinajstić information content (AvgIpc) is 2.43. The fraction of sp³-hybridized carbons (Fsp3) is 0.923. The second-order valence-corrected chi connectivity index (χ2v) is 3.60. The first-order chi connectivity index (χ1) is 9.41. The molecule has 0 aliphatic carbocycles. The normalized spacial score (nSPS) is 10.8. The van der Waals surface area contributed by atoms with Crippen LogP contribution in [0.2, 0.25) is 0 Å². The second-order valence-electron chi connectivity index (χ2n) is 3.60. The van der Waals surface area contributed by atoms with Crippen LogP contribution in [0.5, 0.6) is 0 Å². The minimum Gasteiger partial charge on any atom is -0.379 e. The van der Waals surface area contributed by atoms with Gasteiger partial charge in [-0.15, -0.1) is 0 Å². The molecule has 0 aliphatic rings. The zero-order valence-corrected chi connectivity index (χ0v) is 11.8. The van der Waals surface area contributed by atoms with Crippen molar-refractivity contribution in [2.24, 2.45) is 0 Å². The van der Waals surface area contributed by atoms with E-state index in [1.54, 1.807) is 0 Å². The SMILES string of the molecule is CCOCCOCCOCCOCCOCCC=O. The third-order valence-electron chi connectivity index (χ3n) is 2.07. The lowest BCUT2D eigenvalue weighted by Gasteiger charge is -2.07. The van der Waals surface area contributed by atoms with Gasteiger partial charge in [-0.2, -0.15) is 0 Å². The molecule has 0 heterocycles. The van der Waals surface area contributed by atoms with Crippen molar-refractivity contribution in [3.8, 4) is 0 Å². The fourth-order valence-corrected chi connectivity index (χ4v) is 1.16. The molecule has 0 atom stereocenters. The summed E-state index contributed by atoms with van der Waals surface area (Å²) >= 11 is 0. The molecule has 0 aliphatic heterocycles. The number of carbonyl (C=O) groups is 1. The van der Waals surface area contributed by atoms with Crippen molar-refractivity contribution in [1.29, 1.82) is 0 Å². The molecule has 0 saturated carbocycles. The maximum absolute atomic E-state index is 9.99. The molecular formula is C13H26O6. The summed E-state index contributed by atoms with van der Waals surface area (Å²) in [5.74, 6) is 0. The summed E-state index contributed by atoms with van der Waals surface area (Å²) in [4.78, 5) is 9.99. The summed E-state index contributed by atoms with van der Waals surface area (Å²) in [7, 11) is 0. The van der Waals surface area contributed by atoms with Gasteiger partial charge >= 0.3 is 0 Å².